The van der Waals surface area contributed by atoms with Gasteiger partial charge in [-0.25, -0.2) is 13.1 Å². The molecular formula is C17H21N3O3S. The van der Waals surface area contributed by atoms with Gasteiger partial charge in [-0.1, -0.05) is 19.1 Å². The van der Waals surface area contributed by atoms with Gasteiger partial charge < -0.3 is 5.32 Å². The minimum absolute atomic E-state index is 0.0878. The number of carbonyl (C=O) groups is 1. The zero-order valence-corrected chi connectivity index (χ0v) is 14.6. The number of nitrogens with zero attached hydrogens (tertiary/aromatic N) is 1. The Labute approximate surface area is 142 Å². The second-order valence-electron chi connectivity index (χ2n) is 5.31. The topological polar surface area (TPSA) is 88.2 Å². The van der Waals surface area contributed by atoms with Gasteiger partial charge >= 0.3 is 0 Å². The number of rotatable bonds is 7. The van der Waals surface area contributed by atoms with Crippen LogP contribution in [-0.4, -0.2) is 32.4 Å². The van der Waals surface area contributed by atoms with Crippen molar-refractivity contribution in [2.75, 3.05) is 13.1 Å². The molecule has 1 heterocycles. The molecule has 0 fully saturated rings. The van der Waals surface area contributed by atoms with Crippen LogP contribution in [0.2, 0.25) is 0 Å². The zero-order chi connectivity index (χ0) is 17.6. The Hall–Kier alpha value is -2.25. The van der Waals surface area contributed by atoms with E-state index in [1.165, 1.54) is 12.1 Å². The van der Waals surface area contributed by atoms with Crippen molar-refractivity contribution in [3.8, 4) is 0 Å². The average Bonchev–Trinajstić information content (AvgIpc) is 2.56. The molecule has 24 heavy (non-hydrogen) atoms. The first kappa shape index (κ1) is 18.1. The quantitative estimate of drug-likeness (QED) is 0.797. The number of hydrogen-bond donors (Lipinski definition) is 2. The van der Waals surface area contributed by atoms with E-state index < -0.39 is 10.0 Å². The Morgan fingerprint density at radius 3 is 2.67 bits per heavy atom. The maximum atomic E-state index is 12.3. The van der Waals surface area contributed by atoms with Crippen molar-refractivity contribution in [2.45, 2.75) is 25.2 Å². The van der Waals surface area contributed by atoms with Crippen molar-refractivity contribution in [3.05, 3.63) is 59.4 Å². The summed E-state index contributed by atoms with van der Waals surface area (Å²) in [5, 5.41) is 2.80. The normalized spacial score (nSPS) is 11.2. The van der Waals surface area contributed by atoms with Crippen molar-refractivity contribution in [1.29, 1.82) is 0 Å². The number of carbonyl (C=O) groups excluding carboxylic acids is 1. The molecule has 1 amide bonds. The largest absolute Gasteiger partial charge is 0.352 e. The highest BCUT2D eigenvalue weighted by atomic mass is 32.2. The highest BCUT2D eigenvalue weighted by Gasteiger charge is 2.17. The smallest absolute Gasteiger partial charge is 0.251 e. The number of hydrogen-bond acceptors (Lipinski definition) is 4. The van der Waals surface area contributed by atoms with E-state index in [-0.39, 0.29) is 10.8 Å². The Morgan fingerprint density at radius 2 is 2.00 bits per heavy atom. The van der Waals surface area contributed by atoms with Crippen molar-refractivity contribution >= 4 is 15.9 Å². The van der Waals surface area contributed by atoms with E-state index in [4.69, 9.17) is 0 Å². The summed E-state index contributed by atoms with van der Waals surface area (Å²) in [6.07, 6.45) is 2.32. The van der Waals surface area contributed by atoms with E-state index >= 15 is 0 Å². The third-order valence-corrected chi connectivity index (χ3v) is 5.03. The summed E-state index contributed by atoms with van der Waals surface area (Å²) in [6, 6.07) is 10.2. The molecular weight excluding hydrogens is 326 g/mol. The fourth-order valence-electron chi connectivity index (χ4n) is 2.23. The third-order valence-electron chi connectivity index (χ3n) is 3.49. The molecule has 0 saturated heterocycles. The van der Waals surface area contributed by atoms with Gasteiger partial charge in [-0.3, -0.25) is 9.78 Å². The minimum Gasteiger partial charge on any atom is -0.352 e. The monoisotopic (exact) mass is 347 g/mol. The Morgan fingerprint density at radius 1 is 1.21 bits per heavy atom. The number of benzene rings is 1. The number of aryl methyl sites for hydroxylation is 1. The Balaban J connectivity index is 2.08. The Kier molecular flexibility index (Phi) is 6.05. The van der Waals surface area contributed by atoms with Crippen molar-refractivity contribution < 1.29 is 13.2 Å². The summed E-state index contributed by atoms with van der Waals surface area (Å²) in [4.78, 5) is 16.6. The van der Waals surface area contributed by atoms with Crippen molar-refractivity contribution in [2.24, 2.45) is 0 Å². The van der Waals surface area contributed by atoms with E-state index in [0.717, 1.165) is 11.3 Å². The highest BCUT2D eigenvalue weighted by Crippen LogP contribution is 2.15. The number of nitrogens with one attached hydrogen (secondary N) is 2. The summed E-state index contributed by atoms with van der Waals surface area (Å²) in [5.41, 5.74) is 1.97. The fourth-order valence-corrected chi connectivity index (χ4v) is 3.30. The van der Waals surface area contributed by atoms with E-state index in [2.05, 4.69) is 15.0 Å². The molecule has 0 saturated carbocycles. The zero-order valence-electron chi connectivity index (χ0n) is 13.7. The molecule has 0 radical (unpaired) electrons. The first-order valence-electron chi connectivity index (χ1n) is 7.72. The molecule has 0 aliphatic carbocycles. The number of amides is 1. The molecule has 128 valence electrons. The second-order valence-corrected chi connectivity index (χ2v) is 7.07. The number of sulfonamides is 1. The van der Waals surface area contributed by atoms with Crippen LogP contribution in [0.25, 0.3) is 0 Å². The third kappa shape index (κ3) is 4.62. The molecule has 0 bridgehead atoms. The molecule has 2 rings (SSSR count). The van der Waals surface area contributed by atoms with Crippen LogP contribution < -0.4 is 10.0 Å². The summed E-state index contributed by atoms with van der Waals surface area (Å²) in [6.45, 7) is 4.20. The van der Waals surface area contributed by atoms with Gasteiger partial charge in [0.1, 0.15) is 0 Å². The van der Waals surface area contributed by atoms with Crippen LogP contribution in [0.4, 0.5) is 0 Å². The van der Waals surface area contributed by atoms with Crippen LogP contribution in [0.5, 0.6) is 0 Å². The molecule has 0 aliphatic rings. The average molecular weight is 347 g/mol. The number of aromatic nitrogens is 1. The summed E-state index contributed by atoms with van der Waals surface area (Å²) < 4.78 is 26.6. The molecule has 0 spiro atoms. The van der Waals surface area contributed by atoms with Gasteiger partial charge in [0.2, 0.25) is 10.0 Å². The molecule has 0 atom stereocenters. The van der Waals surface area contributed by atoms with Gasteiger partial charge in [-0.2, -0.15) is 0 Å². The lowest BCUT2D eigenvalue weighted by atomic mass is 10.1. The van der Waals surface area contributed by atoms with Gasteiger partial charge in [0, 0.05) is 37.0 Å². The van der Waals surface area contributed by atoms with Crippen LogP contribution in [0.3, 0.4) is 0 Å². The first-order valence-corrected chi connectivity index (χ1v) is 9.21. The summed E-state index contributed by atoms with van der Waals surface area (Å²) in [5.74, 6) is -0.294. The maximum absolute atomic E-state index is 12.3. The summed E-state index contributed by atoms with van der Waals surface area (Å²) >= 11 is 0. The van der Waals surface area contributed by atoms with Crippen LogP contribution in [-0.2, 0) is 16.4 Å². The SMILES string of the molecule is CCNS(=O)(=O)c1ccc(C)c(C(=O)NCCc2ccccn2)c1. The molecule has 2 N–H and O–H groups in total. The lowest BCUT2D eigenvalue weighted by molar-refractivity contribution is 0.0953. The van der Waals surface area contributed by atoms with Gasteiger partial charge in [0.15, 0.2) is 0 Å². The second kappa shape index (κ2) is 8.03. The van der Waals surface area contributed by atoms with Gasteiger partial charge in [-0.15, -0.1) is 0 Å². The number of pyridine rings is 1. The van der Waals surface area contributed by atoms with Gasteiger partial charge in [0.25, 0.3) is 5.91 Å². The van der Waals surface area contributed by atoms with Crippen LogP contribution in [0.1, 0.15) is 28.5 Å². The minimum atomic E-state index is -3.59. The van der Waals surface area contributed by atoms with Gasteiger partial charge in [0.05, 0.1) is 4.90 Å². The van der Waals surface area contributed by atoms with Crippen molar-refractivity contribution in [3.63, 3.8) is 0 Å². The molecule has 6 nitrogen and oxygen atoms in total. The van der Waals surface area contributed by atoms with E-state index in [1.807, 2.05) is 18.2 Å². The van der Waals surface area contributed by atoms with Crippen LogP contribution >= 0.6 is 0 Å². The predicted octanol–water partition coefficient (Wildman–Crippen LogP) is 1.66. The molecule has 1 aromatic heterocycles. The predicted molar refractivity (Wildman–Crippen MR) is 92.3 cm³/mol. The first-order chi connectivity index (χ1) is 11.4. The van der Waals surface area contributed by atoms with Crippen LogP contribution in [0.15, 0.2) is 47.5 Å². The fraction of sp³-hybridized carbons (Fsp3) is 0.294. The van der Waals surface area contributed by atoms with Gasteiger partial charge in [-0.05, 0) is 36.8 Å². The molecule has 2 aromatic rings. The summed E-state index contributed by atoms with van der Waals surface area (Å²) in [7, 11) is -3.59. The van der Waals surface area contributed by atoms with E-state index in [9.17, 15) is 13.2 Å². The maximum Gasteiger partial charge on any atom is 0.251 e. The standard InChI is InChI=1S/C17H21N3O3S/c1-3-20-24(22,23)15-8-7-13(2)16(12-15)17(21)19-11-9-14-6-4-5-10-18-14/h4-8,10,12,20H,3,9,11H2,1-2H3,(H,19,21). The lowest BCUT2D eigenvalue weighted by Crippen LogP contribution is -2.28. The molecule has 0 unspecified atom stereocenters. The molecule has 1 aromatic carbocycles. The molecule has 0 aliphatic heterocycles. The van der Waals surface area contributed by atoms with Crippen molar-refractivity contribution in [1.82, 2.24) is 15.0 Å². The highest BCUT2D eigenvalue weighted by molar-refractivity contribution is 7.89. The van der Waals surface area contributed by atoms with E-state index in [1.54, 1.807) is 26.1 Å². The van der Waals surface area contributed by atoms with Crippen LogP contribution in [0, 0.1) is 6.92 Å². The van der Waals surface area contributed by atoms with E-state index in [0.29, 0.717) is 25.1 Å². The Bertz CT molecular complexity index is 805. The lowest BCUT2D eigenvalue weighted by Gasteiger charge is -2.10. The molecule has 7 heteroatoms.